The minimum atomic E-state index is 0.401. The number of rotatable bonds is 3. The third kappa shape index (κ3) is 3.54. The number of thioether (sulfide) groups is 1. The molecule has 0 aliphatic carbocycles. The van der Waals surface area contributed by atoms with E-state index >= 15 is 0 Å². The van der Waals surface area contributed by atoms with Crippen molar-refractivity contribution >= 4 is 34.4 Å². The van der Waals surface area contributed by atoms with Gasteiger partial charge in [-0.3, -0.25) is 0 Å². The van der Waals surface area contributed by atoms with Gasteiger partial charge in [-0.2, -0.15) is 0 Å². The normalized spacial score (nSPS) is 10.0. The molecule has 2 rings (SSSR count). The molecule has 0 amide bonds. The van der Waals surface area contributed by atoms with E-state index < -0.39 is 0 Å². The molecule has 2 heterocycles. The summed E-state index contributed by atoms with van der Waals surface area (Å²) in [5, 5.41) is 11.1. The molecule has 2 aromatic heterocycles. The molecule has 0 unspecified atom stereocenters. The third-order valence-corrected chi connectivity index (χ3v) is 5.01. The number of nitrogens with two attached hydrogens (primary N) is 1. The van der Waals surface area contributed by atoms with Crippen LogP contribution in [-0.2, 0) is 5.75 Å². The molecule has 0 saturated carbocycles. The quantitative estimate of drug-likeness (QED) is 0.694. The maximum absolute atomic E-state index is 5.37. The smallest absolute Gasteiger partial charge is 0.174 e. The van der Waals surface area contributed by atoms with Gasteiger partial charge in [0.2, 0.25) is 0 Å². The molecular weight excluding hydrogens is 270 g/mol. The molecule has 0 aliphatic rings. The summed E-state index contributed by atoms with van der Waals surface area (Å²) >= 11 is 5.04. The molecular formula is C11H11N3S3. The summed E-state index contributed by atoms with van der Waals surface area (Å²) in [7, 11) is 0. The first-order valence-corrected chi connectivity index (χ1v) is 7.66. The first-order chi connectivity index (χ1) is 8.29. The molecule has 0 spiro atoms. The Morgan fingerprint density at radius 1 is 1.47 bits per heavy atom. The van der Waals surface area contributed by atoms with Crippen LogP contribution in [0.1, 0.15) is 15.4 Å². The second-order valence-electron chi connectivity index (χ2n) is 3.14. The van der Waals surface area contributed by atoms with Crippen LogP contribution in [0.4, 0.5) is 0 Å². The molecule has 17 heavy (non-hydrogen) atoms. The summed E-state index contributed by atoms with van der Waals surface area (Å²) < 4.78 is 1.01. The van der Waals surface area contributed by atoms with Crippen molar-refractivity contribution in [1.29, 1.82) is 0 Å². The van der Waals surface area contributed by atoms with E-state index in [1.165, 1.54) is 4.88 Å². The van der Waals surface area contributed by atoms with Crippen molar-refractivity contribution in [3.8, 4) is 11.8 Å². The van der Waals surface area contributed by atoms with Crippen LogP contribution in [0.5, 0.6) is 0 Å². The lowest BCUT2D eigenvalue weighted by molar-refractivity contribution is 0.984. The highest BCUT2D eigenvalue weighted by molar-refractivity contribution is 8.00. The highest BCUT2D eigenvalue weighted by Gasteiger charge is 2.06. The molecule has 0 fully saturated rings. The van der Waals surface area contributed by atoms with Gasteiger partial charge in [0, 0.05) is 16.2 Å². The molecule has 0 aromatic carbocycles. The predicted octanol–water partition coefficient (Wildman–Crippen LogP) is 2.51. The minimum Gasteiger partial charge on any atom is -0.320 e. The molecule has 0 radical (unpaired) electrons. The summed E-state index contributed by atoms with van der Waals surface area (Å²) in [5.41, 5.74) is 6.45. The van der Waals surface area contributed by atoms with Gasteiger partial charge in [-0.15, -0.1) is 21.5 Å². The van der Waals surface area contributed by atoms with Crippen molar-refractivity contribution in [1.82, 2.24) is 10.2 Å². The first kappa shape index (κ1) is 12.6. The monoisotopic (exact) mass is 281 g/mol. The van der Waals surface area contributed by atoms with E-state index in [0.29, 0.717) is 6.54 Å². The van der Waals surface area contributed by atoms with E-state index in [2.05, 4.69) is 27.4 Å². The number of aryl methyl sites for hydroxylation is 1. The van der Waals surface area contributed by atoms with Crippen LogP contribution in [0.15, 0.2) is 15.8 Å². The standard InChI is InChI=1S/C11H11N3S3/c1-8-13-14-11(17-8)16-7-10-9(3-2-5-12)4-6-15-10/h4,6H,5,7,12H2,1H3. The number of hydrogen-bond donors (Lipinski definition) is 1. The van der Waals surface area contributed by atoms with E-state index in [1.54, 1.807) is 34.4 Å². The van der Waals surface area contributed by atoms with Gasteiger partial charge >= 0.3 is 0 Å². The maximum Gasteiger partial charge on any atom is 0.174 e. The van der Waals surface area contributed by atoms with Gasteiger partial charge in [0.05, 0.1) is 6.54 Å². The largest absolute Gasteiger partial charge is 0.320 e. The topological polar surface area (TPSA) is 51.8 Å². The van der Waals surface area contributed by atoms with Crippen LogP contribution in [-0.4, -0.2) is 16.7 Å². The van der Waals surface area contributed by atoms with Gasteiger partial charge in [-0.1, -0.05) is 34.9 Å². The van der Waals surface area contributed by atoms with Crippen molar-refractivity contribution < 1.29 is 0 Å². The van der Waals surface area contributed by atoms with E-state index in [0.717, 1.165) is 20.7 Å². The summed E-state index contributed by atoms with van der Waals surface area (Å²) in [5.74, 6) is 6.86. The predicted molar refractivity (Wildman–Crippen MR) is 74.5 cm³/mol. The zero-order valence-electron chi connectivity index (χ0n) is 9.27. The summed E-state index contributed by atoms with van der Waals surface area (Å²) in [6, 6.07) is 2.04. The Bertz CT molecular complexity index is 548. The average molecular weight is 281 g/mol. The lowest BCUT2D eigenvalue weighted by atomic mass is 10.3. The van der Waals surface area contributed by atoms with Gasteiger partial charge in [-0.05, 0) is 18.4 Å². The molecule has 88 valence electrons. The first-order valence-electron chi connectivity index (χ1n) is 4.98. The Kier molecular flexibility index (Phi) is 4.57. The highest BCUT2D eigenvalue weighted by Crippen LogP contribution is 2.29. The zero-order chi connectivity index (χ0) is 12.1. The van der Waals surface area contributed by atoms with Crippen molar-refractivity contribution in [2.24, 2.45) is 5.73 Å². The van der Waals surface area contributed by atoms with E-state index in [4.69, 9.17) is 5.73 Å². The molecule has 2 aromatic rings. The Morgan fingerprint density at radius 2 is 2.35 bits per heavy atom. The van der Waals surface area contributed by atoms with Crippen LogP contribution in [0, 0.1) is 18.8 Å². The van der Waals surface area contributed by atoms with Crippen LogP contribution in [0.25, 0.3) is 0 Å². The van der Waals surface area contributed by atoms with E-state index in [1.807, 2.05) is 13.0 Å². The molecule has 2 N–H and O–H groups in total. The van der Waals surface area contributed by atoms with E-state index in [-0.39, 0.29) is 0 Å². The van der Waals surface area contributed by atoms with Gasteiger partial charge < -0.3 is 5.73 Å². The Morgan fingerprint density at radius 3 is 3.06 bits per heavy atom. The fraction of sp³-hybridized carbons (Fsp3) is 0.273. The summed E-state index contributed by atoms with van der Waals surface area (Å²) in [6.45, 7) is 2.36. The van der Waals surface area contributed by atoms with Crippen LogP contribution >= 0.6 is 34.4 Å². The fourth-order valence-electron chi connectivity index (χ4n) is 1.17. The Hall–Kier alpha value is -0.870. The Labute approximate surface area is 112 Å². The van der Waals surface area contributed by atoms with Crippen LogP contribution in [0.2, 0.25) is 0 Å². The molecule has 6 heteroatoms. The second kappa shape index (κ2) is 6.17. The van der Waals surface area contributed by atoms with Crippen LogP contribution in [0.3, 0.4) is 0 Å². The Balaban J connectivity index is 2.01. The second-order valence-corrected chi connectivity index (χ2v) is 6.54. The average Bonchev–Trinajstić information content (AvgIpc) is 2.92. The van der Waals surface area contributed by atoms with Gasteiger partial charge in [0.1, 0.15) is 5.01 Å². The third-order valence-electron chi connectivity index (χ3n) is 1.90. The minimum absolute atomic E-state index is 0.401. The number of aromatic nitrogens is 2. The van der Waals surface area contributed by atoms with Crippen LogP contribution < -0.4 is 5.73 Å². The van der Waals surface area contributed by atoms with Crippen molar-refractivity contribution in [3.05, 3.63) is 26.9 Å². The fourth-order valence-corrected chi connectivity index (χ4v) is 3.94. The SMILES string of the molecule is Cc1nnc(SCc2sccc2C#CCN)s1. The lowest BCUT2D eigenvalue weighted by Gasteiger charge is -1.95. The molecule has 0 saturated heterocycles. The maximum atomic E-state index is 5.37. The van der Waals surface area contributed by atoms with Gasteiger partial charge in [-0.25, -0.2) is 0 Å². The molecule has 3 nitrogen and oxygen atoms in total. The zero-order valence-corrected chi connectivity index (χ0v) is 11.7. The van der Waals surface area contributed by atoms with Crippen molar-refractivity contribution in [3.63, 3.8) is 0 Å². The molecule has 0 bridgehead atoms. The van der Waals surface area contributed by atoms with Crippen molar-refractivity contribution in [2.45, 2.75) is 17.0 Å². The summed E-state index contributed by atoms with van der Waals surface area (Å²) in [6.07, 6.45) is 0. The molecule has 0 atom stereocenters. The van der Waals surface area contributed by atoms with Crippen molar-refractivity contribution in [2.75, 3.05) is 6.54 Å². The van der Waals surface area contributed by atoms with E-state index in [9.17, 15) is 0 Å². The molecule has 0 aliphatic heterocycles. The summed E-state index contributed by atoms with van der Waals surface area (Å²) in [4.78, 5) is 1.27. The highest BCUT2D eigenvalue weighted by atomic mass is 32.2. The van der Waals surface area contributed by atoms with Gasteiger partial charge in [0.15, 0.2) is 4.34 Å². The van der Waals surface area contributed by atoms with Gasteiger partial charge in [0.25, 0.3) is 0 Å². The lowest BCUT2D eigenvalue weighted by Crippen LogP contribution is -1.93. The number of nitrogens with zero attached hydrogens (tertiary/aromatic N) is 2. The number of hydrogen-bond acceptors (Lipinski definition) is 6. The number of thiophene rings is 1.